The van der Waals surface area contributed by atoms with Crippen LogP contribution in [0.2, 0.25) is 0 Å². The molecule has 0 amide bonds. The minimum atomic E-state index is -0.879. The number of aliphatic carboxylic acids is 1. The molecular formula is C8H13N3O2. The van der Waals surface area contributed by atoms with Gasteiger partial charge in [0.2, 0.25) is 0 Å². The van der Waals surface area contributed by atoms with Crippen molar-refractivity contribution in [3.8, 4) is 0 Å². The van der Waals surface area contributed by atoms with Gasteiger partial charge in [0.25, 0.3) is 0 Å². The Labute approximate surface area is 76.4 Å². The number of hydrogen-bond donors (Lipinski definition) is 1. The summed E-state index contributed by atoms with van der Waals surface area (Å²) < 4.78 is 1.65. The second-order valence-electron chi connectivity index (χ2n) is 3.28. The van der Waals surface area contributed by atoms with E-state index in [2.05, 4.69) is 10.3 Å². The number of aromatic nitrogens is 3. The molecule has 0 saturated heterocycles. The lowest BCUT2D eigenvalue weighted by Crippen LogP contribution is -2.07. The molecule has 5 nitrogen and oxygen atoms in total. The Hall–Kier alpha value is -1.39. The molecule has 1 heterocycles. The fraction of sp³-hybridized carbons (Fsp3) is 0.625. The first kappa shape index (κ1) is 9.70. The predicted molar refractivity (Wildman–Crippen MR) is 46.5 cm³/mol. The summed E-state index contributed by atoms with van der Waals surface area (Å²) in [6, 6.07) is 0.210. The molecule has 13 heavy (non-hydrogen) atoms. The van der Waals surface area contributed by atoms with E-state index in [0.29, 0.717) is 5.69 Å². The highest BCUT2D eigenvalue weighted by molar-refractivity contribution is 5.74. The van der Waals surface area contributed by atoms with Crippen LogP contribution < -0.4 is 0 Å². The topological polar surface area (TPSA) is 68.0 Å². The molecule has 0 spiro atoms. The Morgan fingerprint density at radius 3 is 2.54 bits per heavy atom. The Kier molecular flexibility index (Phi) is 2.65. The van der Waals surface area contributed by atoms with Crippen LogP contribution in [0.25, 0.3) is 0 Å². The van der Waals surface area contributed by atoms with E-state index < -0.39 is 11.9 Å². The van der Waals surface area contributed by atoms with Crippen molar-refractivity contribution >= 4 is 5.97 Å². The molecule has 5 heteroatoms. The number of hydrogen-bond acceptors (Lipinski definition) is 3. The van der Waals surface area contributed by atoms with Gasteiger partial charge in [-0.25, -0.2) is 4.68 Å². The molecule has 72 valence electrons. The molecule has 0 aliphatic heterocycles. The number of rotatable bonds is 3. The van der Waals surface area contributed by atoms with Crippen molar-refractivity contribution in [3.05, 3.63) is 11.9 Å². The number of carbonyl (C=O) groups is 1. The van der Waals surface area contributed by atoms with Gasteiger partial charge in [0.05, 0.1) is 11.6 Å². The van der Waals surface area contributed by atoms with E-state index in [1.54, 1.807) is 17.8 Å². The van der Waals surface area contributed by atoms with E-state index in [4.69, 9.17) is 5.11 Å². The second kappa shape index (κ2) is 3.55. The lowest BCUT2D eigenvalue weighted by molar-refractivity contribution is -0.138. The first-order chi connectivity index (χ1) is 6.02. The van der Waals surface area contributed by atoms with Crippen LogP contribution in [0.5, 0.6) is 0 Å². The lowest BCUT2D eigenvalue weighted by Gasteiger charge is -2.02. The van der Waals surface area contributed by atoms with Crippen LogP contribution >= 0.6 is 0 Å². The summed E-state index contributed by atoms with van der Waals surface area (Å²) in [5.41, 5.74) is 0.501. The number of carboxylic acids is 1. The van der Waals surface area contributed by atoms with Gasteiger partial charge in [-0.05, 0) is 20.8 Å². The lowest BCUT2D eigenvalue weighted by atomic mass is 10.1. The van der Waals surface area contributed by atoms with Crippen molar-refractivity contribution in [1.29, 1.82) is 0 Å². The van der Waals surface area contributed by atoms with Crippen molar-refractivity contribution in [2.45, 2.75) is 32.7 Å². The highest BCUT2D eigenvalue weighted by Gasteiger charge is 2.17. The molecule has 0 saturated carbocycles. The first-order valence-corrected chi connectivity index (χ1v) is 4.17. The zero-order valence-corrected chi connectivity index (χ0v) is 7.93. The zero-order chi connectivity index (χ0) is 10.0. The van der Waals surface area contributed by atoms with Crippen LogP contribution in [-0.4, -0.2) is 26.1 Å². The molecule has 1 rings (SSSR count). The standard InChI is InChI=1S/C8H13N3O2/c1-5(2)11-4-7(9-10-11)6(3)8(12)13/h4-6H,1-3H3,(H,12,13). The minimum Gasteiger partial charge on any atom is -0.481 e. The average molecular weight is 183 g/mol. The quantitative estimate of drug-likeness (QED) is 0.760. The monoisotopic (exact) mass is 183 g/mol. The zero-order valence-electron chi connectivity index (χ0n) is 7.93. The van der Waals surface area contributed by atoms with E-state index in [1.165, 1.54) is 0 Å². The summed E-state index contributed by atoms with van der Waals surface area (Å²) in [7, 11) is 0. The highest BCUT2D eigenvalue weighted by atomic mass is 16.4. The van der Waals surface area contributed by atoms with E-state index >= 15 is 0 Å². The maximum absolute atomic E-state index is 10.6. The van der Waals surface area contributed by atoms with Crippen LogP contribution in [0.15, 0.2) is 6.20 Å². The van der Waals surface area contributed by atoms with Crippen molar-refractivity contribution in [2.75, 3.05) is 0 Å². The van der Waals surface area contributed by atoms with Gasteiger partial charge >= 0.3 is 5.97 Å². The molecular weight excluding hydrogens is 170 g/mol. The van der Waals surface area contributed by atoms with Crippen LogP contribution in [0, 0.1) is 0 Å². The largest absolute Gasteiger partial charge is 0.481 e. The van der Waals surface area contributed by atoms with Gasteiger partial charge in [-0.3, -0.25) is 4.79 Å². The normalized spacial score (nSPS) is 13.2. The van der Waals surface area contributed by atoms with E-state index in [-0.39, 0.29) is 6.04 Å². The van der Waals surface area contributed by atoms with Gasteiger partial charge in [-0.1, -0.05) is 5.21 Å². The highest BCUT2D eigenvalue weighted by Crippen LogP contribution is 2.13. The van der Waals surface area contributed by atoms with Crippen LogP contribution in [0.4, 0.5) is 0 Å². The molecule has 0 aliphatic rings. The van der Waals surface area contributed by atoms with Gasteiger partial charge in [0, 0.05) is 12.2 Å². The maximum Gasteiger partial charge on any atom is 0.312 e. The van der Waals surface area contributed by atoms with E-state index in [9.17, 15) is 4.79 Å². The molecule has 1 N–H and O–H groups in total. The third-order valence-electron chi connectivity index (χ3n) is 1.87. The molecule has 1 atom stereocenters. The Morgan fingerprint density at radius 1 is 1.54 bits per heavy atom. The van der Waals surface area contributed by atoms with Crippen molar-refractivity contribution < 1.29 is 9.90 Å². The summed E-state index contributed by atoms with van der Waals surface area (Å²) in [5, 5.41) is 16.3. The summed E-state index contributed by atoms with van der Waals surface area (Å²) >= 11 is 0. The van der Waals surface area contributed by atoms with Crippen LogP contribution in [-0.2, 0) is 4.79 Å². The number of nitrogens with zero attached hydrogens (tertiary/aromatic N) is 3. The summed E-state index contributed by atoms with van der Waals surface area (Å²) in [5.74, 6) is -1.47. The van der Waals surface area contributed by atoms with Gasteiger partial charge in [0.1, 0.15) is 0 Å². The van der Waals surface area contributed by atoms with Crippen LogP contribution in [0.1, 0.15) is 38.4 Å². The summed E-state index contributed by atoms with van der Waals surface area (Å²) in [4.78, 5) is 10.6. The maximum atomic E-state index is 10.6. The average Bonchev–Trinajstić information content (AvgIpc) is 2.50. The Balaban J connectivity index is 2.85. The SMILES string of the molecule is CC(C(=O)O)c1cn(C(C)C)nn1. The van der Waals surface area contributed by atoms with E-state index in [0.717, 1.165) is 0 Å². The van der Waals surface area contributed by atoms with Gasteiger partial charge in [-0.2, -0.15) is 0 Å². The molecule has 0 fully saturated rings. The third-order valence-corrected chi connectivity index (χ3v) is 1.87. The van der Waals surface area contributed by atoms with Gasteiger partial charge < -0.3 is 5.11 Å². The summed E-state index contributed by atoms with van der Waals surface area (Å²) in [6.07, 6.45) is 1.67. The first-order valence-electron chi connectivity index (χ1n) is 4.17. The molecule has 0 aliphatic carbocycles. The molecule has 1 aromatic rings. The van der Waals surface area contributed by atoms with Crippen LogP contribution in [0.3, 0.4) is 0 Å². The summed E-state index contributed by atoms with van der Waals surface area (Å²) in [6.45, 7) is 5.52. The van der Waals surface area contributed by atoms with Gasteiger partial charge in [0.15, 0.2) is 0 Å². The molecule has 0 radical (unpaired) electrons. The second-order valence-corrected chi connectivity index (χ2v) is 3.28. The Bertz CT molecular complexity index is 306. The third kappa shape index (κ3) is 2.05. The molecule has 0 bridgehead atoms. The minimum absolute atomic E-state index is 0.210. The molecule has 0 aromatic carbocycles. The van der Waals surface area contributed by atoms with Crippen molar-refractivity contribution in [1.82, 2.24) is 15.0 Å². The Morgan fingerprint density at radius 2 is 2.15 bits per heavy atom. The van der Waals surface area contributed by atoms with Crippen molar-refractivity contribution in [2.24, 2.45) is 0 Å². The van der Waals surface area contributed by atoms with E-state index in [1.807, 2.05) is 13.8 Å². The van der Waals surface area contributed by atoms with Gasteiger partial charge in [-0.15, -0.1) is 5.10 Å². The smallest absolute Gasteiger partial charge is 0.312 e. The van der Waals surface area contributed by atoms with Crippen molar-refractivity contribution in [3.63, 3.8) is 0 Å². The molecule has 1 aromatic heterocycles. The molecule has 1 unspecified atom stereocenters. The predicted octanol–water partition coefficient (Wildman–Crippen LogP) is 1.05. The number of carboxylic acid groups (broad SMARTS) is 1. The fourth-order valence-corrected chi connectivity index (χ4v) is 0.868. The fourth-order valence-electron chi connectivity index (χ4n) is 0.868.